The van der Waals surface area contributed by atoms with Crippen LogP contribution in [0.3, 0.4) is 0 Å². The molecule has 2 fully saturated rings. The minimum Gasteiger partial charge on any atom is -0.493 e. The third kappa shape index (κ3) is 3.71. The summed E-state index contributed by atoms with van der Waals surface area (Å²) < 4.78 is 5.83. The number of ether oxygens (including phenoxy) is 1. The van der Waals surface area contributed by atoms with Gasteiger partial charge in [-0.05, 0) is 62.6 Å². The standard InChI is InChI=1S/C21H29NO4/c1-15-8-9-16(2)18(12-15)26-11-4-3-7-19(23)22-13-17-6-5-10-21(17,14-22)20(24)25/h8-9,12,17H,3-7,10-11,13-14H2,1-2H3,(H,24,25)/t17-,21+/m0/s1. The fourth-order valence-electron chi connectivity index (χ4n) is 4.41. The normalized spacial score (nSPS) is 24.5. The summed E-state index contributed by atoms with van der Waals surface area (Å²) in [6.45, 7) is 5.68. The molecular weight excluding hydrogens is 330 g/mol. The van der Waals surface area contributed by atoms with E-state index < -0.39 is 11.4 Å². The van der Waals surface area contributed by atoms with Crippen molar-refractivity contribution in [3.63, 3.8) is 0 Å². The molecule has 1 aromatic rings. The SMILES string of the molecule is Cc1ccc(C)c(OCCCCC(=O)N2C[C@@H]3CCC[C@@]3(C(=O)O)C2)c1. The molecular formula is C21H29NO4. The molecule has 1 aliphatic heterocycles. The van der Waals surface area contributed by atoms with Gasteiger partial charge < -0.3 is 14.7 Å². The lowest BCUT2D eigenvalue weighted by atomic mass is 9.81. The molecule has 1 aliphatic carbocycles. The smallest absolute Gasteiger partial charge is 0.311 e. The molecule has 0 radical (unpaired) electrons. The molecule has 0 aromatic heterocycles. The molecule has 142 valence electrons. The van der Waals surface area contributed by atoms with Crippen molar-refractivity contribution >= 4 is 11.9 Å². The molecule has 1 saturated heterocycles. The number of hydrogen-bond donors (Lipinski definition) is 1. The Hall–Kier alpha value is -2.04. The first-order chi connectivity index (χ1) is 12.4. The number of fused-ring (bicyclic) bond motifs is 1. The Kier molecular flexibility index (Phi) is 5.54. The number of rotatable bonds is 7. The average molecular weight is 359 g/mol. The van der Waals surface area contributed by atoms with E-state index in [1.165, 1.54) is 5.56 Å². The van der Waals surface area contributed by atoms with Crippen LogP contribution in [0.2, 0.25) is 0 Å². The van der Waals surface area contributed by atoms with Crippen molar-refractivity contribution in [1.29, 1.82) is 0 Å². The van der Waals surface area contributed by atoms with Crippen LogP contribution in [0.4, 0.5) is 0 Å². The zero-order valence-electron chi connectivity index (χ0n) is 15.8. The molecule has 0 bridgehead atoms. The molecule has 5 heteroatoms. The van der Waals surface area contributed by atoms with Crippen molar-refractivity contribution in [2.75, 3.05) is 19.7 Å². The number of amides is 1. The number of nitrogens with zero attached hydrogens (tertiary/aromatic N) is 1. The first kappa shape index (κ1) is 18.7. The number of benzene rings is 1. The second-order valence-electron chi connectivity index (χ2n) is 7.90. The van der Waals surface area contributed by atoms with Gasteiger partial charge in [0.1, 0.15) is 5.75 Å². The second-order valence-corrected chi connectivity index (χ2v) is 7.90. The van der Waals surface area contributed by atoms with Crippen LogP contribution in [0.5, 0.6) is 5.75 Å². The molecule has 1 saturated carbocycles. The van der Waals surface area contributed by atoms with Crippen molar-refractivity contribution in [2.45, 2.75) is 52.4 Å². The number of carboxylic acid groups (broad SMARTS) is 1. The highest BCUT2D eigenvalue weighted by Crippen LogP contribution is 2.49. The van der Waals surface area contributed by atoms with Crippen LogP contribution in [0.15, 0.2) is 18.2 Å². The number of aryl methyl sites for hydroxylation is 2. The van der Waals surface area contributed by atoms with Crippen LogP contribution in [0, 0.1) is 25.2 Å². The molecule has 3 rings (SSSR count). The first-order valence-corrected chi connectivity index (χ1v) is 9.63. The second kappa shape index (κ2) is 7.68. The van der Waals surface area contributed by atoms with Gasteiger partial charge in [0.2, 0.25) is 5.91 Å². The van der Waals surface area contributed by atoms with Gasteiger partial charge in [-0.1, -0.05) is 18.6 Å². The number of hydrogen-bond acceptors (Lipinski definition) is 3. The van der Waals surface area contributed by atoms with Crippen LogP contribution < -0.4 is 4.74 Å². The van der Waals surface area contributed by atoms with Gasteiger partial charge in [0.25, 0.3) is 0 Å². The van der Waals surface area contributed by atoms with Gasteiger partial charge in [0, 0.05) is 19.5 Å². The summed E-state index contributed by atoms with van der Waals surface area (Å²) >= 11 is 0. The van der Waals surface area contributed by atoms with Gasteiger partial charge in [0.05, 0.1) is 12.0 Å². The summed E-state index contributed by atoms with van der Waals surface area (Å²) in [4.78, 5) is 26.0. The molecule has 0 spiro atoms. The van der Waals surface area contributed by atoms with E-state index >= 15 is 0 Å². The van der Waals surface area contributed by atoms with E-state index in [-0.39, 0.29) is 11.8 Å². The lowest BCUT2D eigenvalue weighted by Gasteiger charge is -2.23. The largest absolute Gasteiger partial charge is 0.493 e. The number of carboxylic acids is 1. The highest BCUT2D eigenvalue weighted by atomic mass is 16.5. The Labute approximate surface area is 155 Å². The van der Waals surface area contributed by atoms with Crippen molar-refractivity contribution in [2.24, 2.45) is 11.3 Å². The predicted molar refractivity (Wildman–Crippen MR) is 99.3 cm³/mol. The molecule has 26 heavy (non-hydrogen) atoms. The maximum atomic E-state index is 12.5. The van der Waals surface area contributed by atoms with Gasteiger partial charge in [-0.15, -0.1) is 0 Å². The fourth-order valence-corrected chi connectivity index (χ4v) is 4.41. The van der Waals surface area contributed by atoms with Crippen LogP contribution in [0.25, 0.3) is 0 Å². The summed E-state index contributed by atoms with van der Waals surface area (Å²) in [6, 6.07) is 6.15. The monoisotopic (exact) mass is 359 g/mol. The topological polar surface area (TPSA) is 66.8 Å². The number of unbranched alkanes of at least 4 members (excludes halogenated alkanes) is 1. The van der Waals surface area contributed by atoms with Crippen LogP contribution >= 0.6 is 0 Å². The Balaban J connectivity index is 1.41. The first-order valence-electron chi connectivity index (χ1n) is 9.63. The Morgan fingerprint density at radius 1 is 1.31 bits per heavy atom. The number of carbonyl (C=O) groups is 2. The molecule has 1 aromatic carbocycles. The van der Waals surface area contributed by atoms with Gasteiger partial charge in [-0.3, -0.25) is 9.59 Å². The summed E-state index contributed by atoms with van der Waals surface area (Å²) in [5, 5.41) is 9.62. The highest BCUT2D eigenvalue weighted by molar-refractivity contribution is 5.81. The van der Waals surface area contributed by atoms with Gasteiger partial charge in [0.15, 0.2) is 0 Å². The van der Waals surface area contributed by atoms with Gasteiger partial charge in [-0.2, -0.15) is 0 Å². The van der Waals surface area contributed by atoms with Crippen LogP contribution in [0.1, 0.15) is 49.7 Å². The van der Waals surface area contributed by atoms with E-state index in [1.807, 2.05) is 19.9 Å². The zero-order valence-corrected chi connectivity index (χ0v) is 15.8. The quantitative estimate of drug-likeness (QED) is 0.756. The Morgan fingerprint density at radius 3 is 2.85 bits per heavy atom. The maximum Gasteiger partial charge on any atom is 0.311 e. The molecule has 1 N–H and O–H groups in total. The van der Waals surface area contributed by atoms with Crippen molar-refractivity contribution in [3.8, 4) is 5.75 Å². The summed E-state index contributed by atoms with van der Waals surface area (Å²) in [7, 11) is 0. The minimum atomic E-state index is -0.725. The zero-order chi connectivity index (χ0) is 18.7. The van der Waals surface area contributed by atoms with E-state index in [1.54, 1.807) is 4.90 Å². The minimum absolute atomic E-state index is 0.0896. The molecule has 1 heterocycles. The van der Waals surface area contributed by atoms with E-state index in [2.05, 4.69) is 12.1 Å². The van der Waals surface area contributed by atoms with E-state index in [4.69, 9.17) is 4.74 Å². The molecule has 0 unspecified atom stereocenters. The summed E-state index contributed by atoms with van der Waals surface area (Å²) in [5.41, 5.74) is 1.61. The third-order valence-electron chi connectivity index (χ3n) is 6.04. The summed E-state index contributed by atoms with van der Waals surface area (Å²) in [6.07, 6.45) is 4.67. The van der Waals surface area contributed by atoms with E-state index in [0.29, 0.717) is 32.5 Å². The van der Waals surface area contributed by atoms with Crippen molar-refractivity contribution in [3.05, 3.63) is 29.3 Å². The summed E-state index contributed by atoms with van der Waals surface area (Å²) in [5.74, 6) is 0.410. The number of likely N-dealkylation sites (tertiary alicyclic amines) is 1. The van der Waals surface area contributed by atoms with E-state index in [9.17, 15) is 14.7 Å². The number of carbonyl (C=O) groups excluding carboxylic acids is 1. The Bertz CT molecular complexity index is 687. The predicted octanol–water partition coefficient (Wildman–Crippen LogP) is 3.57. The number of aliphatic carboxylic acids is 1. The van der Waals surface area contributed by atoms with Crippen LogP contribution in [-0.2, 0) is 9.59 Å². The fraction of sp³-hybridized carbons (Fsp3) is 0.619. The third-order valence-corrected chi connectivity index (χ3v) is 6.04. The molecule has 2 aliphatic rings. The average Bonchev–Trinajstić information content (AvgIpc) is 3.15. The molecule has 5 nitrogen and oxygen atoms in total. The van der Waals surface area contributed by atoms with Crippen LogP contribution in [-0.4, -0.2) is 41.6 Å². The van der Waals surface area contributed by atoms with Gasteiger partial charge >= 0.3 is 5.97 Å². The van der Waals surface area contributed by atoms with Gasteiger partial charge in [-0.25, -0.2) is 0 Å². The lowest BCUT2D eigenvalue weighted by Crippen LogP contribution is -2.37. The molecule has 1 amide bonds. The Morgan fingerprint density at radius 2 is 2.12 bits per heavy atom. The highest BCUT2D eigenvalue weighted by Gasteiger charge is 2.55. The maximum absolute atomic E-state index is 12.5. The van der Waals surface area contributed by atoms with Crippen molar-refractivity contribution in [1.82, 2.24) is 4.90 Å². The molecule has 2 atom stereocenters. The van der Waals surface area contributed by atoms with E-state index in [0.717, 1.165) is 37.0 Å². The van der Waals surface area contributed by atoms with Crippen molar-refractivity contribution < 1.29 is 19.4 Å². The lowest BCUT2D eigenvalue weighted by molar-refractivity contribution is -0.149.